The molecule has 5 saturated carbocycles. The van der Waals surface area contributed by atoms with E-state index in [1.807, 2.05) is 0 Å². The smallest absolute Gasteiger partial charge is 0.226 e. The van der Waals surface area contributed by atoms with Crippen LogP contribution in [0.2, 0.25) is 0 Å². The van der Waals surface area contributed by atoms with Gasteiger partial charge in [-0.2, -0.15) is 4.98 Å². The first-order valence-electron chi connectivity index (χ1n) is 14.9. The van der Waals surface area contributed by atoms with Crippen LogP contribution in [-0.4, -0.2) is 32.6 Å². The van der Waals surface area contributed by atoms with E-state index in [-0.39, 0.29) is 17.6 Å². The summed E-state index contributed by atoms with van der Waals surface area (Å²) in [6.45, 7) is 9.83. The number of aromatic nitrogens is 2. The largest absolute Gasteiger partial charge is 0.393 e. The fourth-order valence-corrected chi connectivity index (χ4v) is 10.4. The summed E-state index contributed by atoms with van der Waals surface area (Å²) in [6, 6.07) is 0. The number of nitrogens with zero attached hydrogens (tertiary/aromatic N) is 2. The van der Waals surface area contributed by atoms with Crippen LogP contribution in [0.3, 0.4) is 0 Å². The van der Waals surface area contributed by atoms with Crippen molar-refractivity contribution in [3.63, 3.8) is 0 Å². The van der Waals surface area contributed by atoms with Gasteiger partial charge in [-0.3, -0.25) is 0 Å². The third kappa shape index (κ3) is 3.85. The van der Waals surface area contributed by atoms with E-state index >= 15 is 0 Å². The predicted molar refractivity (Wildman–Crippen MR) is 136 cm³/mol. The highest BCUT2D eigenvalue weighted by molar-refractivity contribution is 5.13. The molecule has 0 aromatic carbocycles. The minimum atomic E-state index is -0.203. The summed E-state index contributed by atoms with van der Waals surface area (Å²) in [5.74, 6) is 6.15. The highest BCUT2D eigenvalue weighted by Gasteiger charge is 2.64. The summed E-state index contributed by atoms with van der Waals surface area (Å²) in [5.41, 5.74) is 0.608. The third-order valence-corrected chi connectivity index (χ3v) is 12.4. The van der Waals surface area contributed by atoms with Gasteiger partial charge in [0.15, 0.2) is 5.82 Å². The molecule has 5 aliphatic rings. The minimum absolute atomic E-state index is 0.171. The molecule has 5 fully saturated rings. The second-order valence-corrected chi connectivity index (χ2v) is 14.0. The molecule has 11 atom stereocenters. The van der Waals surface area contributed by atoms with Gasteiger partial charge in [-0.05, 0) is 116 Å². The Bertz CT molecular complexity index is 913. The second-order valence-electron chi connectivity index (χ2n) is 14.0. The number of rotatable bonds is 6. The van der Waals surface area contributed by atoms with E-state index in [2.05, 4.69) is 37.8 Å². The topological polar surface area (TPSA) is 79.4 Å². The molecule has 0 bridgehead atoms. The quantitative estimate of drug-likeness (QED) is 0.507. The molecule has 5 aliphatic carbocycles. The van der Waals surface area contributed by atoms with Crippen LogP contribution in [0.5, 0.6) is 0 Å². The van der Waals surface area contributed by atoms with Crippen LogP contribution in [0.15, 0.2) is 4.52 Å². The van der Waals surface area contributed by atoms with E-state index in [0.717, 1.165) is 50.2 Å². The maximum Gasteiger partial charge on any atom is 0.226 e. The number of fused-ring (bicyclic) bond motifs is 5. The number of aliphatic hydroxyl groups is 2. The average Bonchev–Trinajstić information content (AvgIpc) is 3.47. The van der Waals surface area contributed by atoms with Crippen molar-refractivity contribution in [3.05, 3.63) is 11.7 Å². The van der Waals surface area contributed by atoms with Crippen LogP contribution in [-0.2, 0) is 6.42 Å². The molecule has 2 N–H and O–H groups in total. The van der Waals surface area contributed by atoms with Crippen molar-refractivity contribution in [1.82, 2.24) is 10.1 Å². The van der Waals surface area contributed by atoms with Crippen LogP contribution in [0.25, 0.3) is 0 Å². The molecule has 1 aromatic heterocycles. The van der Waals surface area contributed by atoms with Crippen LogP contribution in [0.1, 0.15) is 116 Å². The third-order valence-electron chi connectivity index (χ3n) is 12.4. The van der Waals surface area contributed by atoms with Crippen molar-refractivity contribution in [2.75, 3.05) is 0 Å². The maximum atomic E-state index is 11.9. The molecule has 35 heavy (non-hydrogen) atoms. The Labute approximate surface area is 211 Å². The van der Waals surface area contributed by atoms with E-state index in [4.69, 9.17) is 4.52 Å². The fourth-order valence-electron chi connectivity index (χ4n) is 10.4. The lowest BCUT2D eigenvalue weighted by molar-refractivity contribution is -0.203. The fraction of sp³-hybridized carbons (Fsp3) is 0.933. The van der Waals surface area contributed by atoms with Crippen molar-refractivity contribution in [2.24, 2.45) is 52.3 Å². The number of aryl methyl sites for hydroxylation is 1. The van der Waals surface area contributed by atoms with Crippen molar-refractivity contribution in [3.8, 4) is 0 Å². The zero-order valence-corrected chi connectivity index (χ0v) is 22.5. The van der Waals surface area contributed by atoms with Crippen LogP contribution < -0.4 is 0 Å². The average molecular weight is 485 g/mol. The Hall–Kier alpha value is -0.940. The Morgan fingerprint density at radius 2 is 1.71 bits per heavy atom. The summed E-state index contributed by atoms with van der Waals surface area (Å²) in [7, 11) is 0. The second kappa shape index (κ2) is 8.82. The molecule has 5 nitrogen and oxygen atoms in total. The molecule has 0 amide bonds. The maximum absolute atomic E-state index is 11.9. The van der Waals surface area contributed by atoms with Gasteiger partial charge in [0, 0.05) is 12.3 Å². The molecule has 196 valence electrons. The molecule has 5 heteroatoms. The van der Waals surface area contributed by atoms with Crippen LogP contribution in [0.4, 0.5) is 0 Å². The van der Waals surface area contributed by atoms with Crippen molar-refractivity contribution < 1.29 is 14.7 Å². The molecule has 0 aliphatic heterocycles. The predicted octanol–water partition coefficient (Wildman–Crippen LogP) is 6.14. The molecule has 1 aromatic rings. The first-order chi connectivity index (χ1) is 16.8. The molecular weight excluding hydrogens is 436 g/mol. The van der Waals surface area contributed by atoms with E-state index in [1.165, 1.54) is 38.5 Å². The SMILES string of the molecule is CC[C@H]1[C@@H](O)[C@@H]2[C@H](CC[C@]3(C)[C@@H]([C@H](C)CCc4nc(C5CC5)no4)CC[C@@H]23)[C@@]2(C)CC[C@@H](O)C[C@@H]12. The van der Waals surface area contributed by atoms with Gasteiger partial charge in [0.05, 0.1) is 12.2 Å². The van der Waals surface area contributed by atoms with E-state index < -0.39 is 0 Å². The van der Waals surface area contributed by atoms with Crippen molar-refractivity contribution >= 4 is 0 Å². The lowest BCUT2D eigenvalue weighted by Gasteiger charge is -2.64. The number of hydrogen-bond acceptors (Lipinski definition) is 5. The van der Waals surface area contributed by atoms with Crippen molar-refractivity contribution in [2.45, 2.75) is 123 Å². The van der Waals surface area contributed by atoms with Crippen LogP contribution >= 0.6 is 0 Å². The normalized spacial score (nSPS) is 48.2. The Balaban J connectivity index is 1.19. The first kappa shape index (κ1) is 24.4. The molecule has 0 spiro atoms. The monoisotopic (exact) mass is 484 g/mol. The van der Waals surface area contributed by atoms with Gasteiger partial charge in [0.25, 0.3) is 0 Å². The zero-order valence-electron chi connectivity index (χ0n) is 22.5. The molecule has 0 radical (unpaired) electrons. The van der Waals surface area contributed by atoms with Gasteiger partial charge in [-0.15, -0.1) is 0 Å². The van der Waals surface area contributed by atoms with E-state index in [0.29, 0.717) is 52.8 Å². The molecule has 0 saturated heterocycles. The Morgan fingerprint density at radius 3 is 2.46 bits per heavy atom. The van der Waals surface area contributed by atoms with E-state index in [1.54, 1.807) is 0 Å². The van der Waals surface area contributed by atoms with E-state index in [9.17, 15) is 10.2 Å². The van der Waals surface area contributed by atoms with Crippen molar-refractivity contribution in [1.29, 1.82) is 0 Å². The molecule has 1 heterocycles. The van der Waals surface area contributed by atoms with Gasteiger partial charge < -0.3 is 14.7 Å². The molecular formula is C30H48N2O3. The summed E-state index contributed by atoms with van der Waals surface area (Å²) < 4.78 is 5.58. The molecule has 0 unspecified atom stereocenters. The standard InChI is InChI=1S/C30H48N2O3/c1-5-20-24-16-19(33)12-14-30(24,4)23-13-15-29(3)21(9-10-22(29)26(23)27(20)34)17(2)6-11-25-31-28(32-35-25)18-7-8-18/h17-24,26-27,33-34H,5-16H2,1-4H3/t17-,19-,20-,21-,22+,23+,24+,26+,27-,29-,30-/m1/s1. The van der Waals surface area contributed by atoms with Gasteiger partial charge in [-0.25, -0.2) is 0 Å². The lowest BCUT2D eigenvalue weighted by atomic mass is 9.41. The number of hydrogen-bond donors (Lipinski definition) is 2. The Morgan fingerprint density at radius 1 is 0.971 bits per heavy atom. The highest BCUT2D eigenvalue weighted by atomic mass is 16.5. The lowest BCUT2D eigenvalue weighted by Crippen LogP contribution is -2.62. The Kier molecular flexibility index (Phi) is 6.15. The van der Waals surface area contributed by atoms with Crippen LogP contribution in [0, 0.1) is 52.3 Å². The van der Waals surface area contributed by atoms with Gasteiger partial charge in [0.2, 0.25) is 5.89 Å². The number of aliphatic hydroxyl groups excluding tert-OH is 2. The molecule has 6 rings (SSSR count). The highest BCUT2D eigenvalue weighted by Crippen LogP contribution is 2.69. The minimum Gasteiger partial charge on any atom is -0.393 e. The zero-order chi connectivity index (χ0) is 24.5. The summed E-state index contributed by atoms with van der Waals surface area (Å²) in [5, 5.41) is 26.6. The van der Waals surface area contributed by atoms with Gasteiger partial charge >= 0.3 is 0 Å². The first-order valence-corrected chi connectivity index (χ1v) is 14.9. The summed E-state index contributed by atoms with van der Waals surface area (Å²) in [4.78, 5) is 4.67. The summed E-state index contributed by atoms with van der Waals surface area (Å²) >= 11 is 0. The van der Waals surface area contributed by atoms with Gasteiger partial charge in [0.1, 0.15) is 0 Å². The van der Waals surface area contributed by atoms with Gasteiger partial charge in [-0.1, -0.05) is 39.3 Å². The summed E-state index contributed by atoms with van der Waals surface area (Å²) in [6.07, 6.45) is 13.2.